The highest BCUT2D eigenvalue weighted by Crippen LogP contribution is 2.21. The summed E-state index contributed by atoms with van der Waals surface area (Å²) in [5.41, 5.74) is 0.0293. The van der Waals surface area contributed by atoms with Crippen molar-refractivity contribution in [3.05, 3.63) is 23.8 Å². The molecule has 20 heavy (non-hydrogen) atoms. The molecule has 0 unspecified atom stereocenters. The number of amides is 2. The van der Waals surface area contributed by atoms with Crippen LogP contribution in [0.25, 0.3) is 0 Å². The molecule has 2 amide bonds. The first-order chi connectivity index (χ1) is 9.54. The van der Waals surface area contributed by atoms with Crippen molar-refractivity contribution in [1.82, 2.24) is 5.32 Å². The van der Waals surface area contributed by atoms with Gasteiger partial charge >= 0.3 is 12.0 Å². The molecule has 0 radical (unpaired) electrons. The van der Waals surface area contributed by atoms with Crippen LogP contribution in [0.5, 0.6) is 5.75 Å². The first-order valence-electron chi connectivity index (χ1n) is 6.23. The number of aromatic hydroxyl groups is 1. The first kappa shape index (κ1) is 15.8. The Balaban J connectivity index is 2.46. The first-order valence-corrected chi connectivity index (χ1v) is 6.23. The molecule has 0 fully saturated rings. The summed E-state index contributed by atoms with van der Waals surface area (Å²) in [5, 5.41) is 23.3. The number of ether oxygens (including phenoxy) is 1. The molecule has 1 rings (SSSR count). The van der Waals surface area contributed by atoms with Crippen LogP contribution in [-0.4, -0.2) is 42.0 Å². The van der Waals surface area contributed by atoms with Crippen molar-refractivity contribution in [3.63, 3.8) is 0 Å². The van der Waals surface area contributed by atoms with Gasteiger partial charge in [-0.3, -0.25) is 0 Å². The molecule has 7 heteroatoms. The van der Waals surface area contributed by atoms with E-state index >= 15 is 0 Å². The molecule has 0 aliphatic carbocycles. The molecule has 0 spiro atoms. The van der Waals surface area contributed by atoms with Crippen molar-refractivity contribution in [1.29, 1.82) is 0 Å². The van der Waals surface area contributed by atoms with Gasteiger partial charge in [0, 0.05) is 25.4 Å². The fourth-order valence-electron chi connectivity index (χ4n) is 1.48. The number of hydrogen-bond donors (Lipinski definition) is 4. The molecule has 0 bridgehead atoms. The summed E-state index contributed by atoms with van der Waals surface area (Å²) in [7, 11) is 0. The van der Waals surface area contributed by atoms with E-state index in [0.29, 0.717) is 31.9 Å². The summed E-state index contributed by atoms with van der Waals surface area (Å²) in [6.07, 6.45) is 0.692. The molecule has 7 nitrogen and oxygen atoms in total. The Morgan fingerprint density at radius 3 is 2.75 bits per heavy atom. The zero-order chi connectivity index (χ0) is 15.0. The Morgan fingerprint density at radius 2 is 2.10 bits per heavy atom. The average Bonchev–Trinajstić information content (AvgIpc) is 2.40. The second kappa shape index (κ2) is 8.00. The Kier molecular flexibility index (Phi) is 6.31. The van der Waals surface area contributed by atoms with Gasteiger partial charge in [-0.15, -0.1) is 0 Å². The van der Waals surface area contributed by atoms with Crippen LogP contribution in [0.3, 0.4) is 0 Å². The van der Waals surface area contributed by atoms with E-state index in [1.165, 1.54) is 18.2 Å². The second-order valence-corrected chi connectivity index (χ2v) is 3.97. The minimum Gasteiger partial charge on any atom is -0.507 e. The number of urea groups is 1. The topological polar surface area (TPSA) is 108 Å². The molecule has 0 heterocycles. The summed E-state index contributed by atoms with van der Waals surface area (Å²) in [5.74, 6) is -1.61. The lowest BCUT2D eigenvalue weighted by atomic mass is 10.2. The third kappa shape index (κ3) is 5.15. The van der Waals surface area contributed by atoms with E-state index in [1.807, 2.05) is 6.92 Å². The number of carboxylic acid groups (broad SMARTS) is 1. The summed E-state index contributed by atoms with van der Waals surface area (Å²) in [4.78, 5) is 22.4. The molecule has 1 aromatic carbocycles. The molecule has 1 aromatic rings. The van der Waals surface area contributed by atoms with Crippen LogP contribution in [0.4, 0.5) is 10.5 Å². The fourth-order valence-corrected chi connectivity index (χ4v) is 1.48. The molecule has 0 saturated carbocycles. The van der Waals surface area contributed by atoms with E-state index in [2.05, 4.69) is 10.6 Å². The number of carbonyl (C=O) groups excluding carboxylic acids is 1. The lowest BCUT2D eigenvalue weighted by Crippen LogP contribution is -2.30. The van der Waals surface area contributed by atoms with Crippen molar-refractivity contribution >= 4 is 17.7 Å². The number of phenols is 1. The van der Waals surface area contributed by atoms with E-state index in [0.717, 1.165) is 0 Å². The van der Waals surface area contributed by atoms with Gasteiger partial charge in [-0.05, 0) is 31.5 Å². The largest absolute Gasteiger partial charge is 0.507 e. The van der Waals surface area contributed by atoms with Crippen LogP contribution in [0.1, 0.15) is 23.7 Å². The van der Waals surface area contributed by atoms with E-state index in [4.69, 9.17) is 9.84 Å². The quantitative estimate of drug-likeness (QED) is 0.449. The summed E-state index contributed by atoms with van der Waals surface area (Å²) in [6, 6.07) is 3.39. The van der Waals surface area contributed by atoms with Crippen molar-refractivity contribution in [3.8, 4) is 5.75 Å². The Morgan fingerprint density at radius 1 is 1.35 bits per heavy atom. The summed E-state index contributed by atoms with van der Waals surface area (Å²) in [6.45, 7) is 3.55. The predicted octanol–water partition coefficient (Wildman–Crippen LogP) is 1.64. The smallest absolute Gasteiger partial charge is 0.339 e. The zero-order valence-electron chi connectivity index (χ0n) is 11.2. The summed E-state index contributed by atoms with van der Waals surface area (Å²) < 4.78 is 5.12. The number of rotatable bonds is 7. The Hall–Kier alpha value is -2.28. The second-order valence-electron chi connectivity index (χ2n) is 3.97. The number of hydrogen-bond acceptors (Lipinski definition) is 4. The molecule has 110 valence electrons. The minimum atomic E-state index is -1.26. The third-order valence-electron chi connectivity index (χ3n) is 2.44. The Labute approximate surface area is 116 Å². The van der Waals surface area contributed by atoms with Crippen molar-refractivity contribution in [2.75, 3.05) is 25.1 Å². The van der Waals surface area contributed by atoms with Crippen LogP contribution in [0.2, 0.25) is 0 Å². The van der Waals surface area contributed by atoms with E-state index in [1.54, 1.807) is 0 Å². The molecule has 0 aliphatic rings. The van der Waals surface area contributed by atoms with E-state index in [-0.39, 0.29) is 11.3 Å². The molecule has 0 saturated heterocycles. The highest BCUT2D eigenvalue weighted by molar-refractivity contribution is 5.95. The number of benzene rings is 1. The third-order valence-corrected chi connectivity index (χ3v) is 2.44. The van der Waals surface area contributed by atoms with Gasteiger partial charge in [0.1, 0.15) is 11.3 Å². The van der Waals surface area contributed by atoms with Crippen molar-refractivity contribution < 1.29 is 24.5 Å². The van der Waals surface area contributed by atoms with Crippen LogP contribution in [0.15, 0.2) is 18.2 Å². The molecular formula is C13H18N2O5. The highest BCUT2D eigenvalue weighted by Gasteiger charge is 2.11. The lowest BCUT2D eigenvalue weighted by molar-refractivity contribution is 0.0693. The molecule has 0 aliphatic heterocycles. The normalized spacial score (nSPS) is 10.1. The van der Waals surface area contributed by atoms with Crippen LogP contribution >= 0.6 is 0 Å². The molecule has 0 aromatic heterocycles. The van der Waals surface area contributed by atoms with Crippen LogP contribution in [0, 0.1) is 0 Å². The Bertz CT molecular complexity index is 476. The number of aromatic carboxylic acids is 1. The van der Waals surface area contributed by atoms with E-state index < -0.39 is 12.0 Å². The molecular weight excluding hydrogens is 264 g/mol. The van der Waals surface area contributed by atoms with Gasteiger partial charge in [0.2, 0.25) is 0 Å². The van der Waals surface area contributed by atoms with Crippen molar-refractivity contribution in [2.45, 2.75) is 13.3 Å². The molecule has 4 N–H and O–H groups in total. The average molecular weight is 282 g/mol. The van der Waals surface area contributed by atoms with Gasteiger partial charge in [0.25, 0.3) is 0 Å². The van der Waals surface area contributed by atoms with Crippen LogP contribution in [-0.2, 0) is 4.74 Å². The van der Waals surface area contributed by atoms with Gasteiger partial charge in [0.05, 0.1) is 0 Å². The van der Waals surface area contributed by atoms with Crippen LogP contribution < -0.4 is 10.6 Å². The highest BCUT2D eigenvalue weighted by atomic mass is 16.5. The van der Waals surface area contributed by atoms with Gasteiger partial charge in [0.15, 0.2) is 0 Å². The standard InChI is InChI=1S/C13H18N2O5/c1-2-20-7-3-6-14-13(19)15-9-4-5-11(16)10(8-9)12(17)18/h4-5,8,16H,2-3,6-7H2,1H3,(H,17,18)(H2,14,15,19). The maximum Gasteiger partial charge on any atom is 0.339 e. The SMILES string of the molecule is CCOCCCNC(=O)Nc1ccc(O)c(C(=O)O)c1. The maximum atomic E-state index is 11.5. The fraction of sp³-hybridized carbons (Fsp3) is 0.385. The van der Waals surface area contributed by atoms with Gasteiger partial charge in [-0.2, -0.15) is 0 Å². The molecule has 0 atom stereocenters. The maximum absolute atomic E-state index is 11.5. The van der Waals surface area contributed by atoms with Gasteiger partial charge in [-0.25, -0.2) is 9.59 Å². The number of nitrogens with one attached hydrogen (secondary N) is 2. The number of carbonyl (C=O) groups is 2. The minimum absolute atomic E-state index is 0.265. The summed E-state index contributed by atoms with van der Waals surface area (Å²) >= 11 is 0. The van der Waals surface area contributed by atoms with Crippen molar-refractivity contribution in [2.24, 2.45) is 0 Å². The predicted molar refractivity (Wildman–Crippen MR) is 73.2 cm³/mol. The lowest BCUT2D eigenvalue weighted by Gasteiger charge is -2.09. The number of carboxylic acids is 1. The zero-order valence-corrected chi connectivity index (χ0v) is 11.2. The van der Waals surface area contributed by atoms with E-state index in [9.17, 15) is 14.7 Å². The number of anilines is 1. The van der Waals surface area contributed by atoms with Gasteiger partial charge < -0.3 is 25.6 Å². The van der Waals surface area contributed by atoms with Gasteiger partial charge in [-0.1, -0.05) is 0 Å². The monoisotopic (exact) mass is 282 g/mol.